The molecule has 0 spiro atoms. The number of nitro benzene ring substituents is 1. The lowest BCUT2D eigenvalue weighted by atomic mass is 10.1. The van der Waals surface area contributed by atoms with Crippen molar-refractivity contribution in [3.8, 4) is 0 Å². The summed E-state index contributed by atoms with van der Waals surface area (Å²) in [4.78, 5) is 22.8. The van der Waals surface area contributed by atoms with E-state index in [4.69, 9.17) is 0 Å². The highest BCUT2D eigenvalue weighted by Crippen LogP contribution is 2.18. The molecule has 1 aromatic rings. The van der Waals surface area contributed by atoms with Crippen LogP contribution in [0.3, 0.4) is 0 Å². The van der Waals surface area contributed by atoms with Gasteiger partial charge in [-0.25, -0.2) is 9.18 Å². The predicted molar refractivity (Wildman–Crippen MR) is 71.8 cm³/mol. The van der Waals surface area contributed by atoms with Gasteiger partial charge in [0.15, 0.2) is 0 Å². The molecule has 7 nitrogen and oxygen atoms in total. The van der Waals surface area contributed by atoms with E-state index in [1.54, 1.807) is 14.1 Å². The van der Waals surface area contributed by atoms with E-state index in [0.29, 0.717) is 13.1 Å². The van der Waals surface area contributed by atoms with Crippen LogP contribution in [-0.2, 0) is 6.54 Å². The molecule has 8 heteroatoms. The number of amides is 2. The average Bonchev–Trinajstić information content (AvgIpc) is 2.37. The Balaban J connectivity index is 2.44. The molecular formula is C12H17FN4O3. The molecule has 20 heavy (non-hydrogen) atoms. The van der Waals surface area contributed by atoms with Crippen LogP contribution in [0.2, 0.25) is 0 Å². The highest BCUT2D eigenvalue weighted by atomic mass is 19.1. The van der Waals surface area contributed by atoms with Crippen molar-refractivity contribution in [3.63, 3.8) is 0 Å². The average molecular weight is 284 g/mol. The predicted octanol–water partition coefficient (Wildman–Crippen LogP) is 1.09. The molecule has 0 heterocycles. The molecule has 0 saturated heterocycles. The summed E-state index contributed by atoms with van der Waals surface area (Å²) in [6.07, 6.45) is 0. The van der Waals surface area contributed by atoms with Gasteiger partial charge in [-0.05, 0) is 12.1 Å². The lowest BCUT2D eigenvalue weighted by Crippen LogP contribution is -2.38. The molecule has 1 aromatic carbocycles. The second-order valence-electron chi connectivity index (χ2n) is 4.33. The van der Waals surface area contributed by atoms with Gasteiger partial charge in [-0.1, -0.05) is 0 Å². The number of nitro groups is 1. The number of benzene rings is 1. The van der Waals surface area contributed by atoms with E-state index in [1.807, 2.05) is 0 Å². The zero-order valence-electron chi connectivity index (χ0n) is 11.4. The Morgan fingerprint density at radius 2 is 2.10 bits per heavy atom. The van der Waals surface area contributed by atoms with Gasteiger partial charge in [-0.2, -0.15) is 0 Å². The quantitative estimate of drug-likeness (QED) is 0.465. The SMILES string of the molecule is CN(C)C(=O)NCCNCc1cc(F)ccc1[N+](=O)[O-]. The summed E-state index contributed by atoms with van der Waals surface area (Å²) in [6, 6.07) is 3.10. The highest BCUT2D eigenvalue weighted by Gasteiger charge is 2.13. The summed E-state index contributed by atoms with van der Waals surface area (Å²) in [6.45, 7) is 0.958. The van der Waals surface area contributed by atoms with Crippen LogP contribution in [0.1, 0.15) is 5.56 Å². The Kier molecular flexibility index (Phi) is 5.85. The molecule has 0 fully saturated rings. The number of hydrogen-bond acceptors (Lipinski definition) is 4. The lowest BCUT2D eigenvalue weighted by molar-refractivity contribution is -0.385. The molecule has 0 aliphatic rings. The fourth-order valence-corrected chi connectivity index (χ4v) is 1.51. The first-order valence-electron chi connectivity index (χ1n) is 6.00. The number of urea groups is 1. The maximum atomic E-state index is 13.1. The molecular weight excluding hydrogens is 267 g/mol. The lowest BCUT2D eigenvalue weighted by Gasteiger charge is -2.12. The second kappa shape index (κ2) is 7.39. The fraction of sp³-hybridized carbons (Fsp3) is 0.417. The third-order valence-electron chi connectivity index (χ3n) is 2.54. The van der Waals surface area contributed by atoms with Crippen LogP contribution >= 0.6 is 0 Å². The number of rotatable bonds is 6. The van der Waals surface area contributed by atoms with Crippen molar-refractivity contribution in [2.24, 2.45) is 0 Å². The Morgan fingerprint density at radius 3 is 2.70 bits per heavy atom. The molecule has 2 amide bonds. The summed E-state index contributed by atoms with van der Waals surface area (Å²) >= 11 is 0. The van der Waals surface area contributed by atoms with Crippen molar-refractivity contribution in [2.45, 2.75) is 6.54 Å². The number of nitrogens with zero attached hydrogens (tertiary/aromatic N) is 2. The standard InChI is InChI=1S/C12H17FN4O3/c1-16(2)12(18)15-6-5-14-8-9-7-10(13)3-4-11(9)17(19)20/h3-4,7,14H,5-6,8H2,1-2H3,(H,15,18). The molecule has 0 bridgehead atoms. The minimum atomic E-state index is -0.551. The molecule has 1 rings (SSSR count). The van der Waals surface area contributed by atoms with Crippen LogP contribution in [-0.4, -0.2) is 43.0 Å². The molecule has 110 valence electrons. The first-order valence-corrected chi connectivity index (χ1v) is 6.00. The summed E-state index contributed by atoms with van der Waals surface area (Å²) in [5, 5.41) is 16.3. The number of hydrogen-bond donors (Lipinski definition) is 2. The van der Waals surface area contributed by atoms with Gasteiger partial charge in [0, 0.05) is 45.4 Å². The Labute approximate surface area is 115 Å². The Hall–Kier alpha value is -2.22. The molecule has 0 unspecified atom stereocenters. The van der Waals surface area contributed by atoms with Crippen molar-refractivity contribution >= 4 is 11.7 Å². The minimum Gasteiger partial charge on any atom is -0.337 e. The number of carbonyl (C=O) groups is 1. The monoisotopic (exact) mass is 284 g/mol. The second-order valence-corrected chi connectivity index (χ2v) is 4.33. The molecule has 0 radical (unpaired) electrons. The molecule has 0 aliphatic carbocycles. The topological polar surface area (TPSA) is 87.5 Å². The normalized spacial score (nSPS) is 10.2. The van der Waals surface area contributed by atoms with Crippen molar-refractivity contribution in [1.29, 1.82) is 0 Å². The van der Waals surface area contributed by atoms with Gasteiger partial charge in [0.05, 0.1) is 4.92 Å². The first-order chi connectivity index (χ1) is 9.41. The van der Waals surface area contributed by atoms with E-state index in [-0.39, 0.29) is 23.8 Å². The van der Waals surface area contributed by atoms with Crippen LogP contribution in [0.5, 0.6) is 0 Å². The summed E-state index contributed by atoms with van der Waals surface area (Å²) < 4.78 is 13.1. The molecule has 2 N–H and O–H groups in total. The van der Waals surface area contributed by atoms with E-state index < -0.39 is 10.7 Å². The molecule has 0 aromatic heterocycles. The third-order valence-corrected chi connectivity index (χ3v) is 2.54. The smallest absolute Gasteiger partial charge is 0.316 e. The molecule has 0 aliphatic heterocycles. The highest BCUT2D eigenvalue weighted by molar-refractivity contribution is 5.73. The van der Waals surface area contributed by atoms with E-state index in [9.17, 15) is 19.3 Å². The molecule has 0 saturated carbocycles. The van der Waals surface area contributed by atoms with Crippen molar-refractivity contribution < 1.29 is 14.1 Å². The number of carbonyl (C=O) groups excluding carboxylic acids is 1. The van der Waals surface area contributed by atoms with Gasteiger partial charge < -0.3 is 15.5 Å². The van der Waals surface area contributed by atoms with Gasteiger partial charge >= 0.3 is 6.03 Å². The summed E-state index contributed by atoms with van der Waals surface area (Å²) in [5.74, 6) is -0.520. The van der Waals surface area contributed by atoms with Gasteiger partial charge in [0.25, 0.3) is 5.69 Å². The minimum absolute atomic E-state index is 0.128. The molecule has 0 atom stereocenters. The van der Waals surface area contributed by atoms with Gasteiger partial charge in [-0.15, -0.1) is 0 Å². The van der Waals surface area contributed by atoms with E-state index >= 15 is 0 Å². The van der Waals surface area contributed by atoms with E-state index in [1.165, 1.54) is 4.90 Å². The van der Waals surface area contributed by atoms with Gasteiger partial charge in [-0.3, -0.25) is 10.1 Å². The van der Waals surface area contributed by atoms with E-state index in [0.717, 1.165) is 18.2 Å². The third kappa shape index (κ3) is 4.81. The Morgan fingerprint density at radius 1 is 1.40 bits per heavy atom. The van der Waals surface area contributed by atoms with Crippen molar-refractivity contribution in [3.05, 3.63) is 39.7 Å². The van der Waals surface area contributed by atoms with Gasteiger partial charge in [0.2, 0.25) is 0 Å². The zero-order valence-corrected chi connectivity index (χ0v) is 11.4. The number of nitrogens with one attached hydrogen (secondary N) is 2. The fourth-order valence-electron chi connectivity index (χ4n) is 1.51. The van der Waals surface area contributed by atoms with Crippen molar-refractivity contribution in [2.75, 3.05) is 27.2 Å². The maximum absolute atomic E-state index is 13.1. The van der Waals surface area contributed by atoms with Crippen molar-refractivity contribution in [1.82, 2.24) is 15.5 Å². The zero-order chi connectivity index (χ0) is 15.1. The summed E-state index contributed by atoms with van der Waals surface area (Å²) in [5.41, 5.74) is 0.144. The first kappa shape index (κ1) is 15.8. The maximum Gasteiger partial charge on any atom is 0.316 e. The van der Waals surface area contributed by atoms with Crippen LogP contribution in [0.15, 0.2) is 18.2 Å². The van der Waals surface area contributed by atoms with Crippen LogP contribution < -0.4 is 10.6 Å². The summed E-state index contributed by atoms with van der Waals surface area (Å²) in [7, 11) is 3.25. The largest absolute Gasteiger partial charge is 0.337 e. The van der Waals surface area contributed by atoms with Gasteiger partial charge in [0.1, 0.15) is 5.82 Å². The van der Waals surface area contributed by atoms with Crippen LogP contribution in [0, 0.1) is 15.9 Å². The van der Waals surface area contributed by atoms with Crippen LogP contribution in [0.25, 0.3) is 0 Å². The number of halogens is 1. The Bertz CT molecular complexity index is 494. The van der Waals surface area contributed by atoms with Crippen LogP contribution in [0.4, 0.5) is 14.9 Å². The van der Waals surface area contributed by atoms with E-state index in [2.05, 4.69) is 10.6 Å².